The average molecular weight is 280 g/mol. The van der Waals surface area contributed by atoms with Crippen LogP contribution in [0.25, 0.3) is 0 Å². The third kappa shape index (κ3) is 2.58. The van der Waals surface area contributed by atoms with Gasteiger partial charge in [0, 0.05) is 12.0 Å². The van der Waals surface area contributed by atoms with Gasteiger partial charge in [0.15, 0.2) is 17.3 Å². The van der Waals surface area contributed by atoms with Crippen LogP contribution in [0, 0.1) is 5.82 Å². The molecule has 0 spiro atoms. The summed E-state index contributed by atoms with van der Waals surface area (Å²) in [6.45, 7) is 0.231. The van der Waals surface area contributed by atoms with Crippen LogP contribution >= 0.6 is 15.9 Å². The van der Waals surface area contributed by atoms with Gasteiger partial charge in [-0.15, -0.1) is 0 Å². The number of phenolic OH excluding ortho intramolecular Hbond substituents is 1. The highest BCUT2D eigenvalue weighted by Crippen LogP contribution is 2.37. The number of halogens is 2. The minimum absolute atomic E-state index is 0.184. The van der Waals surface area contributed by atoms with Gasteiger partial charge in [-0.2, -0.15) is 0 Å². The standard InChI is InChI=1S/C9H11BrFNO3/c1-14-9-7(11)6(10)4-5(8(9)13)2-3-15-12/h4,13H,2-3,12H2,1H3. The molecule has 0 aliphatic rings. The van der Waals surface area contributed by atoms with Crippen LogP contribution in [-0.4, -0.2) is 18.8 Å². The van der Waals surface area contributed by atoms with E-state index >= 15 is 0 Å². The van der Waals surface area contributed by atoms with Crippen molar-refractivity contribution >= 4 is 15.9 Å². The van der Waals surface area contributed by atoms with Gasteiger partial charge >= 0.3 is 0 Å². The van der Waals surface area contributed by atoms with Crippen LogP contribution in [-0.2, 0) is 11.3 Å². The van der Waals surface area contributed by atoms with E-state index in [0.29, 0.717) is 12.0 Å². The molecule has 1 aromatic carbocycles. The number of hydrogen-bond acceptors (Lipinski definition) is 4. The van der Waals surface area contributed by atoms with Crippen molar-refractivity contribution < 1.29 is 19.1 Å². The van der Waals surface area contributed by atoms with Crippen molar-refractivity contribution in [3.05, 3.63) is 21.9 Å². The third-order valence-electron chi connectivity index (χ3n) is 1.92. The molecule has 15 heavy (non-hydrogen) atoms. The molecule has 1 rings (SSSR count). The Labute approximate surface area is 94.9 Å². The summed E-state index contributed by atoms with van der Waals surface area (Å²) in [6.07, 6.45) is 0.373. The van der Waals surface area contributed by atoms with Crippen molar-refractivity contribution in [3.63, 3.8) is 0 Å². The van der Waals surface area contributed by atoms with Crippen LogP contribution in [0.15, 0.2) is 10.5 Å². The van der Waals surface area contributed by atoms with Crippen LogP contribution in [0.4, 0.5) is 4.39 Å². The SMILES string of the molecule is COc1c(O)c(CCON)cc(Br)c1F. The van der Waals surface area contributed by atoms with Gasteiger partial charge in [-0.3, -0.25) is 0 Å². The molecule has 0 saturated heterocycles. The third-order valence-corrected chi connectivity index (χ3v) is 2.50. The normalized spacial score (nSPS) is 10.4. The molecule has 0 saturated carbocycles. The fourth-order valence-corrected chi connectivity index (χ4v) is 1.65. The van der Waals surface area contributed by atoms with Gasteiger partial charge in [0.05, 0.1) is 18.2 Å². The Balaban J connectivity index is 3.12. The first kappa shape index (κ1) is 12.2. The number of nitrogens with two attached hydrogens (primary N) is 1. The zero-order valence-corrected chi connectivity index (χ0v) is 9.67. The highest BCUT2D eigenvalue weighted by Gasteiger charge is 2.16. The molecule has 84 valence electrons. The Hall–Kier alpha value is -0.850. The number of methoxy groups -OCH3 is 1. The lowest BCUT2D eigenvalue weighted by atomic mass is 10.1. The van der Waals surface area contributed by atoms with Crippen LogP contribution in [0.5, 0.6) is 11.5 Å². The Morgan fingerprint density at radius 1 is 1.60 bits per heavy atom. The molecule has 0 fully saturated rings. The number of rotatable bonds is 4. The molecule has 0 bridgehead atoms. The lowest BCUT2D eigenvalue weighted by molar-refractivity contribution is 0.140. The summed E-state index contributed by atoms with van der Waals surface area (Å²) in [4.78, 5) is 4.38. The van der Waals surface area contributed by atoms with E-state index < -0.39 is 5.82 Å². The number of aromatic hydroxyl groups is 1. The van der Waals surface area contributed by atoms with Crippen LogP contribution in [0.3, 0.4) is 0 Å². The molecule has 0 heterocycles. The fraction of sp³-hybridized carbons (Fsp3) is 0.333. The summed E-state index contributed by atoms with van der Waals surface area (Å²) < 4.78 is 18.4. The predicted octanol–water partition coefficient (Wildman–Crippen LogP) is 1.74. The maximum Gasteiger partial charge on any atom is 0.198 e. The molecule has 0 amide bonds. The quantitative estimate of drug-likeness (QED) is 0.824. The van der Waals surface area contributed by atoms with E-state index in [1.54, 1.807) is 0 Å². The van der Waals surface area contributed by atoms with E-state index in [0.717, 1.165) is 0 Å². The maximum atomic E-state index is 13.4. The van der Waals surface area contributed by atoms with Gasteiger partial charge < -0.3 is 14.7 Å². The fourth-order valence-electron chi connectivity index (χ4n) is 1.19. The van der Waals surface area contributed by atoms with Crippen molar-refractivity contribution in [3.8, 4) is 11.5 Å². The Kier molecular flexibility index (Phi) is 4.31. The average Bonchev–Trinajstić information content (AvgIpc) is 2.22. The monoisotopic (exact) mass is 279 g/mol. The topological polar surface area (TPSA) is 64.7 Å². The molecule has 4 nitrogen and oxygen atoms in total. The Bertz CT molecular complexity index is 360. The first-order valence-electron chi connectivity index (χ1n) is 4.17. The van der Waals surface area contributed by atoms with E-state index in [-0.39, 0.29) is 22.6 Å². The first-order chi connectivity index (χ1) is 7.11. The van der Waals surface area contributed by atoms with Gasteiger partial charge in [0.2, 0.25) is 0 Å². The lowest BCUT2D eigenvalue weighted by Crippen LogP contribution is -2.04. The molecule has 0 aliphatic carbocycles. The summed E-state index contributed by atoms with van der Waals surface area (Å²) in [5, 5.41) is 9.64. The minimum atomic E-state index is -0.632. The van der Waals surface area contributed by atoms with Crippen molar-refractivity contribution in [2.24, 2.45) is 5.90 Å². The molecule has 0 aliphatic heterocycles. The second kappa shape index (κ2) is 5.29. The second-order valence-electron chi connectivity index (χ2n) is 2.83. The second-order valence-corrected chi connectivity index (χ2v) is 3.69. The molecular weight excluding hydrogens is 269 g/mol. The largest absolute Gasteiger partial charge is 0.504 e. The van der Waals surface area contributed by atoms with Crippen molar-refractivity contribution in [2.45, 2.75) is 6.42 Å². The van der Waals surface area contributed by atoms with Gasteiger partial charge in [-0.25, -0.2) is 10.3 Å². The lowest BCUT2D eigenvalue weighted by Gasteiger charge is -2.10. The maximum absolute atomic E-state index is 13.4. The molecule has 0 atom stereocenters. The highest BCUT2D eigenvalue weighted by atomic mass is 79.9. The molecule has 6 heteroatoms. The van der Waals surface area contributed by atoms with Crippen molar-refractivity contribution in [1.82, 2.24) is 0 Å². The van der Waals surface area contributed by atoms with E-state index in [1.807, 2.05) is 0 Å². The van der Waals surface area contributed by atoms with Crippen LogP contribution in [0.1, 0.15) is 5.56 Å². The van der Waals surface area contributed by atoms with E-state index in [2.05, 4.69) is 20.8 Å². The zero-order valence-electron chi connectivity index (χ0n) is 8.09. The minimum Gasteiger partial charge on any atom is -0.504 e. The molecule has 0 aromatic heterocycles. The number of hydrogen-bond donors (Lipinski definition) is 2. The zero-order chi connectivity index (χ0) is 11.4. The molecule has 1 aromatic rings. The number of ether oxygens (including phenoxy) is 1. The van der Waals surface area contributed by atoms with Gasteiger partial charge in [0.1, 0.15) is 0 Å². The van der Waals surface area contributed by atoms with Gasteiger partial charge in [-0.05, 0) is 22.0 Å². The van der Waals surface area contributed by atoms with E-state index in [1.165, 1.54) is 13.2 Å². The smallest absolute Gasteiger partial charge is 0.198 e. The van der Waals surface area contributed by atoms with Crippen LogP contribution < -0.4 is 10.6 Å². The summed E-state index contributed by atoms with van der Waals surface area (Å²) >= 11 is 3.03. The molecular formula is C9H11BrFNO3. The van der Waals surface area contributed by atoms with Gasteiger partial charge in [0.25, 0.3) is 0 Å². The van der Waals surface area contributed by atoms with Crippen LogP contribution in [0.2, 0.25) is 0 Å². The molecule has 0 unspecified atom stereocenters. The number of phenols is 1. The summed E-state index contributed by atoms with van der Waals surface area (Å²) in [6, 6.07) is 1.46. The first-order valence-corrected chi connectivity index (χ1v) is 4.96. The molecule has 0 radical (unpaired) electrons. The predicted molar refractivity (Wildman–Crippen MR) is 56.2 cm³/mol. The van der Waals surface area contributed by atoms with Crippen molar-refractivity contribution in [1.29, 1.82) is 0 Å². The summed E-state index contributed by atoms with van der Waals surface area (Å²) in [7, 11) is 1.29. The highest BCUT2D eigenvalue weighted by molar-refractivity contribution is 9.10. The van der Waals surface area contributed by atoms with E-state index in [4.69, 9.17) is 10.6 Å². The van der Waals surface area contributed by atoms with Gasteiger partial charge in [-0.1, -0.05) is 0 Å². The Morgan fingerprint density at radius 3 is 2.80 bits per heavy atom. The summed E-state index contributed by atoms with van der Waals surface area (Å²) in [5.41, 5.74) is 0.505. The molecule has 3 N–H and O–H groups in total. The van der Waals surface area contributed by atoms with E-state index in [9.17, 15) is 9.50 Å². The number of benzene rings is 1. The van der Waals surface area contributed by atoms with Crippen molar-refractivity contribution in [2.75, 3.05) is 13.7 Å². The summed E-state index contributed by atoms with van der Waals surface area (Å²) in [5.74, 6) is 3.82. The Morgan fingerprint density at radius 2 is 2.27 bits per heavy atom.